The van der Waals surface area contributed by atoms with Crippen LogP contribution in [0, 0.1) is 0 Å². The average molecular weight is 372 g/mol. The topological polar surface area (TPSA) is 85.9 Å². The molecule has 144 valence electrons. The summed E-state index contributed by atoms with van der Waals surface area (Å²) < 4.78 is 16.1. The van der Waals surface area contributed by atoms with Crippen molar-refractivity contribution in [1.29, 1.82) is 0 Å². The van der Waals surface area contributed by atoms with Crippen LogP contribution in [0.15, 0.2) is 42.5 Å². The van der Waals surface area contributed by atoms with E-state index in [1.165, 1.54) is 6.92 Å². The van der Waals surface area contributed by atoms with Gasteiger partial charge in [-0.15, -0.1) is 0 Å². The molecule has 0 bridgehead atoms. The van der Waals surface area contributed by atoms with Gasteiger partial charge in [-0.05, 0) is 37.3 Å². The van der Waals surface area contributed by atoms with Crippen molar-refractivity contribution in [3.8, 4) is 17.2 Å². The number of anilines is 1. The number of rotatable bonds is 8. The number of benzene rings is 2. The van der Waals surface area contributed by atoms with Crippen molar-refractivity contribution in [3.05, 3.63) is 48.0 Å². The van der Waals surface area contributed by atoms with E-state index in [9.17, 15) is 9.59 Å². The number of hydrogen-bond acceptors (Lipinski definition) is 5. The molecule has 2 aromatic rings. The number of carbonyl (C=O) groups excluding carboxylic acids is 2. The zero-order valence-electron chi connectivity index (χ0n) is 15.9. The highest BCUT2D eigenvalue weighted by Crippen LogP contribution is 2.29. The predicted molar refractivity (Wildman–Crippen MR) is 102 cm³/mol. The van der Waals surface area contributed by atoms with Crippen LogP contribution in [0.25, 0.3) is 0 Å². The van der Waals surface area contributed by atoms with Crippen LogP contribution in [0.5, 0.6) is 17.2 Å². The average Bonchev–Trinajstić information content (AvgIpc) is 2.66. The van der Waals surface area contributed by atoms with Gasteiger partial charge < -0.3 is 24.8 Å². The molecule has 0 spiro atoms. The van der Waals surface area contributed by atoms with Gasteiger partial charge in [-0.3, -0.25) is 9.59 Å². The fourth-order valence-corrected chi connectivity index (χ4v) is 2.57. The summed E-state index contributed by atoms with van der Waals surface area (Å²) in [6.45, 7) is 3.07. The summed E-state index contributed by atoms with van der Waals surface area (Å²) in [4.78, 5) is 23.5. The first kappa shape index (κ1) is 20.1. The summed E-state index contributed by atoms with van der Waals surface area (Å²) in [6.07, 6.45) is 0. The Balaban J connectivity index is 2.01. The van der Waals surface area contributed by atoms with Crippen LogP contribution < -0.4 is 24.8 Å². The molecule has 0 aromatic heterocycles. The van der Waals surface area contributed by atoms with Crippen molar-refractivity contribution in [3.63, 3.8) is 0 Å². The zero-order chi connectivity index (χ0) is 19.8. The van der Waals surface area contributed by atoms with E-state index in [2.05, 4.69) is 10.6 Å². The fraction of sp³-hybridized carbons (Fsp3) is 0.300. The van der Waals surface area contributed by atoms with Gasteiger partial charge in [-0.2, -0.15) is 0 Å². The standard InChI is InChI=1S/C20H24N2O5/c1-13(16-11-15(25-3)9-10-18(16)26-4)21-20(24)12-27-19-8-6-5-7-17(19)22-14(2)23/h5-11,13H,12H2,1-4H3,(H,21,24)(H,22,23)/t13-/m0/s1. The molecule has 7 heteroatoms. The van der Waals surface area contributed by atoms with Crippen molar-refractivity contribution in [2.24, 2.45) is 0 Å². The van der Waals surface area contributed by atoms with Gasteiger partial charge in [0.25, 0.3) is 5.91 Å². The first-order valence-electron chi connectivity index (χ1n) is 8.45. The molecular weight excluding hydrogens is 348 g/mol. The first-order valence-corrected chi connectivity index (χ1v) is 8.45. The molecule has 0 aliphatic rings. The lowest BCUT2D eigenvalue weighted by Crippen LogP contribution is -2.31. The molecule has 7 nitrogen and oxygen atoms in total. The van der Waals surface area contributed by atoms with Crippen LogP contribution >= 0.6 is 0 Å². The van der Waals surface area contributed by atoms with Crippen molar-refractivity contribution in [2.45, 2.75) is 19.9 Å². The lowest BCUT2D eigenvalue weighted by Gasteiger charge is -2.18. The van der Waals surface area contributed by atoms with Crippen LogP contribution in [0.4, 0.5) is 5.69 Å². The molecule has 2 aromatic carbocycles. The van der Waals surface area contributed by atoms with Gasteiger partial charge in [-0.25, -0.2) is 0 Å². The van der Waals surface area contributed by atoms with Crippen molar-refractivity contribution < 1.29 is 23.8 Å². The van der Waals surface area contributed by atoms with Crippen molar-refractivity contribution >= 4 is 17.5 Å². The molecule has 27 heavy (non-hydrogen) atoms. The summed E-state index contributed by atoms with van der Waals surface area (Å²) in [5.41, 5.74) is 1.31. The van der Waals surface area contributed by atoms with E-state index >= 15 is 0 Å². The highest BCUT2D eigenvalue weighted by atomic mass is 16.5. The third-order valence-electron chi connectivity index (χ3n) is 3.84. The molecule has 0 unspecified atom stereocenters. The Morgan fingerprint density at radius 1 is 1.04 bits per heavy atom. The van der Waals surface area contributed by atoms with Crippen LogP contribution in [0.1, 0.15) is 25.5 Å². The van der Waals surface area contributed by atoms with E-state index in [1.54, 1.807) is 50.6 Å². The Bertz CT molecular complexity index is 807. The Morgan fingerprint density at radius 3 is 2.44 bits per heavy atom. The van der Waals surface area contributed by atoms with Crippen LogP contribution in [0.3, 0.4) is 0 Å². The monoisotopic (exact) mass is 372 g/mol. The van der Waals surface area contributed by atoms with E-state index in [4.69, 9.17) is 14.2 Å². The minimum Gasteiger partial charge on any atom is -0.497 e. The maximum Gasteiger partial charge on any atom is 0.258 e. The molecule has 1 atom stereocenters. The molecular formula is C20H24N2O5. The molecule has 0 aliphatic carbocycles. The minimum absolute atomic E-state index is 0.187. The maximum atomic E-state index is 12.3. The van der Waals surface area contributed by atoms with E-state index in [1.807, 2.05) is 13.0 Å². The SMILES string of the molecule is COc1ccc(OC)c([C@H](C)NC(=O)COc2ccccc2NC(C)=O)c1. The zero-order valence-corrected chi connectivity index (χ0v) is 15.9. The second-order valence-electron chi connectivity index (χ2n) is 5.86. The Hall–Kier alpha value is -3.22. The van der Waals surface area contributed by atoms with Gasteiger partial charge in [0.1, 0.15) is 17.2 Å². The van der Waals surface area contributed by atoms with Gasteiger partial charge in [0.05, 0.1) is 25.9 Å². The number of para-hydroxylation sites is 2. The van der Waals surface area contributed by atoms with E-state index < -0.39 is 0 Å². The van der Waals surface area contributed by atoms with Gasteiger partial charge in [0.15, 0.2) is 6.61 Å². The van der Waals surface area contributed by atoms with Crippen LogP contribution in [-0.4, -0.2) is 32.6 Å². The van der Waals surface area contributed by atoms with Gasteiger partial charge in [0.2, 0.25) is 5.91 Å². The summed E-state index contributed by atoms with van der Waals surface area (Å²) in [5, 5.41) is 5.53. The molecule has 2 amide bonds. The van der Waals surface area contributed by atoms with Gasteiger partial charge in [0, 0.05) is 12.5 Å². The molecule has 2 rings (SSSR count). The highest BCUT2D eigenvalue weighted by Gasteiger charge is 2.16. The Kier molecular flexibility index (Phi) is 7.05. The molecule has 0 fully saturated rings. The Morgan fingerprint density at radius 2 is 1.78 bits per heavy atom. The summed E-state index contributed by atoms with van der Waals surface area (Å²) in [7, 11) is 3.15. The highest BCUT2D eigenvalue weighted by molar-refractivity contribution is 5.90. The van der Waals surface area contributed by atoms with Gasteiger partial charge >= 0.3 is 0 Å². The molecule has 0 saturated carbocycles. The molecule has 2 N–H and O–H groups in total. The minimum atomic E-state index is -0.309. The maximum absolute atomic E-state index is 12.3. The molecule has 0 heterocycles. The van der Waals surface area contributed by atoms with Crippen LogP contribution in [0.2, 0.25) is 0 Å². The number of hydrogen-bond donors (Lipinski definition) is 2. The first-order chi connectivity index (χ1) is 12.9. The smallest absolute Gasteiger partial charge is 0.258 e. The third kappa shape index (κ3) is 5.64. The number of carbonyl (C=O) groups is 2. The van der Waals surface area contributed by atoms with Gasteiger partial charge in [-0.1, -0.05) is 12.1 Å². The molecule has 0 saturated heterocycles. The number of ether oxygens (including phenoxy) is 3. The number of amides is 2. The summed E-state index contributed by atoms with van der Waals surface area (Å²) in [6, 6.07) is 12.0. The summed E-state index contributed by atoms with van der Waals surface area (Å²) >= 11 is 0. The summed E-state index contributed by atoms with van der Waals surface area (Å²) in [5.74, 6) is 1.24. The lowest BCUT2D eigenvalue weighted by molar-refractivity contribution is -0.123. The van der Waals surface area contributed by atoms with E-state index in [0.29, 0.717) is 22.9 Å². The van der Waals surface area contributed by atoms with Crippen LogP contribution in [-0.2, 0) is 9.59 Å². The second-order valence-corrected chi connectivity index (χ2v) is 5.86. The fourth-order valence-electron chi connectivity index (χ4n) is 2.57. The normalized spacial score (nSPS) is 11.3. The van der Waals surface area contributed by atoms with E-state index in [0.717, 1.165) is 5.56 Å². The second kappa shape index (κ2) is 9.47. The quantitative estimate of drug-likeness (QED) is 0.744. The number of nitrogens with one attached hydrogen (secondary N) is 2. The van der Waals surface area contributed by atoms with Crippen molar-refractivity contribution in [1.82, 2.24) is 5.32 Å². The largest absolute Gasteiger partial charge is 0.497 e. The van der Waals surface area contributed by atoms with Crippen molar-refractivity contribution in [2.75, 3.05) is 26.1 Å². The molecule has 0 radical (unpaired) electrons. The third-order valence-corrected chi connectivity index (χ3v) is 3.84. The predicted octanol–water partition coefficient (Wildman–Crippen LogP) is 2.92. The lowest BCUT2D eigenvalue weighted by atomic mass is 10.1. The number of methoxy groups -OCH3 is 2. The Labute approximate surface area is 158 Å². The molecule has 0 aliphatic heterocycles. The van der Waals surface area contributed by atoms with E-state index in [-0.39, 0.29) is 24.5 Å².